The van der Waals surface area contributed by atoms with Crippen molar-refractivity contribution in [2.45, 2.75) is 31.9 Å². The molecule has 2 heterocycles. The van der Waals surface area contributed by atoms with Crippen LogP contribution in [0.5, 0.6) is 5.75 Å². The number of pyridine rings is 1. The zero-order chi connectivity index (χ0) is 27.2. The van der Waals surface area contributed by atoms with Crippen molar-refractivity contribution in [3.63, 3.8) is 0 Å². The summed E-state index contributed by atoms with van der Waals surface area (Å²) in [5.74, 6) is 0.769. The lowest BCUT2D eigenvalue weighted by Crippen LogP contribution is -2.37. The number of hydrogen-bond acceptors (Lipinski definition) is 7. The van der Waals surface area contributed by atoms with E-state index in [1.807, 2.05) is 30.3 Å². The molecule has 200 valence electrons. The number of halogens is 2. The number of fused-ring (bicyclic) bond motifs is 1. The van der Waals surface area contributed by atoms with Crippen molar-refractivity contribution in [2.24, 2.45) is 0 Å². The van der Waals surface area contributed by atoms with Crippen LogP contribution in [0.1, 0.15) is 25.0 Å². The number of carbonyl (C=O) groups excluding carboxylic acids is 1. The van der Waals surface area contributed by atoms with E-state index in [1.165, 1.54) is 31.7 Å². The molecule has 5 rings (SSSR count). The highest BCUT2D eigenvalue weighted by atomic mass is 35.5. The van der Waals surface area contributed by atoms with E-state index in [0.29, 0.717) is 56.5 Å². The summed E-state index contributed by atoms with van der Waals surface area (Å²) >= 11 is 13.2. The number of benzene rings is 2. The summed E-state index contributed by atoms with van der Waals surface area (Å²) in [5.41, 5.74) is 2.60. The fourth-order valence-corrected chi connectivity index (χ4v) is 4.78. The molecule has 39 heavy (non-hydrogen) atoms. The fraction of sp³-hybridized carbons (Fsp3) is 0.241. The van der Waals surface area contributed by atoms with E-state index < -0.39 is 0 Å². The number of aromatic nitrogens is 3. The molecule has 0 bridgehead atoms. The summed E-state index contributed by atoms with van der Waals surface area (Å²) < 4.78 is 5.81. The molecule has 1 aliphatic carbocycles. The highest BCUT2D eigenvalue weighted by Gasteiger charge is 2.20. The number of ether oxygens (including phenoxy) is 1. The van der Waals surface area contributed by atoms with Crippen molar-refractivity contribution >= 4 is 57.2 Å². The number of likely N-dealkylation sites (N-methyl/N-ethyl adjacent to an activating group) is 1. The minimum absolute atomic E-state index is 0.252. The second-order valence-electron chi connectivity index (χ2n) is 9.34. The van der Waals surface area contributed by atoms with Crippen LogP contribution < -0.4 is 15.4 Å². The van der Waals surface area contributed by atoms with Gasteiger partial charge in [-0.15, -0.1) is 0 Å². The molecule has 0 radical (unpaired) electrons. The van der Waals surface area contributed by atoms with Crippen molar-refractivity contribution in [3.05, 3.63) is 88.9 Å². The SMILES string of the molecule is CN(C/C=C/C(=O)Nc1ccc2ncnc(Nc3ccc(OCc4ccccn4)c(Cl)c3)c2c1Cl)C1CCC1. The molecule has 1 aliphatic rings. The van der Waals surface area contributed by atoms with Gasteiger partial charge in [0.25, 0.3) is 0 Å². The van der Waals surface area contributed by atoms with Gasteiger partial charge in [-0.3, -0.25) is 14.7 Å². The lowest BCUT2D eigenvalue weighted by Gasteiger charge is -2.33. The zero-order valence-corrected chi connectivity index (χ0v) is 22.9. The van der Waals surface area contributed by atoms with E-state index >= 15 is 0 Å². The van der Waals surface area contributed by atoms with Gasteiger partial charge in [-0.1, -0.05) is 41.8 Å². The predicted octanol–water partition coefficient (Wildman–Crippen LogP) is 6.63. The van der Waals surface area contributed by atoms with Gasteiger partial charge >= 0.3 is 0 Å². The monoisotopic (exact) mass is 562 g/mol. The highest BCUT2D eigenvalue weighted by Crippen LogP contribution is 2.36. The summed E-state index contributed by atoms with van der Waals surface area (Å²) in [4.78, 5) is 27.8. The molecule has 1 amide bonds. The van der Waals surface area contributed by atoms with Crippen LogP contribution in [0.15, 0.2) is 73.2 Å². The average molecular weight is 563 g/mol. The predicted molar refractivity (Wildman–Crippen MR) is 156 cm³/mol. The van der Waals surface area contributed by atoms with Crippen LogP contribution in [0.2, 0.25) is 10.0 Å². The number of anilines is 3. The van der Waals surface area contributed by atoms with Crippen LogP contribution in [-0.4, -0.2) is 45.4 Å². The first-order chi connectivity index (χ1) is 19.0. The van der Waals surface area contributed by atoms with Gasteiger partial charge in [-0.05, 0) is 62.4 Å². The number of nitrogens with zero attached hydrogens (tertiary/aromatic N) is 4. The molecular formula is C29H28Cl2N6O2. The Morgan fingerprint density at radius 3 is 2.74 bits per heavy atom. The molecule has 2 aromatic carbocycles. The van der Waals surface area contributed by atoms with Crippen molar-refractivity contribution in [1.29, 1.82) is 0 Å². The van der Waals surface area contributed by atoms with Crippen LogP contribution in [0.4, 0.5) is 17.2 Å². The molecular weight excluding hydrogens is 535 g/mol. The van der Waals surface area contributed by atoms with Crippen molar-refractivity contribution < 1.29 is 9.53 Å². The van der Waals surface area contributed by atoms with Crippen LogP contribution in [0.25, 0.3) is 10.9 Å². The summed E-state index contributed by atoms with van der Waals surface area (Å²) in [5, 5.41) is 7.48. The third-order valence-electron chi connectivity index (χ3n) is 6.66. The summed E-state index contributed by atoms with van der Waals surface area (Å²) in [6.45, 7) is 1.03. The summed E-state index contributed by atoms with van der Waals surface area (Å²) in [6.07, 6.45) is 10.3. The van der Waals surface area contributed by atoms with Crippen LogP contribution in [0, 0.1) is 0 Å². The summed E-state index contributed by atoms with van der Waals surface area (Å²) in [6, 6.07) is 15.1. The molecule has 0 saturated heterocycles. The Morgan fingerprint density at radius 2 is 2.00 bits per heavy atom. The van der Waals surface area contributed by atoms with Gasteiger partial charge < -0.3 is 15.4 Å². The Morgan fingerprint density at radius 1 is 1.13 bits per heavy atom. The fourth-order valence-electron chi connectivity index (χ4n) is 4.25. The van der Waals surface area contributed by atoms with E-state index in [0.717, 1.165) is 12.2 Å². The Balaban J connectivity index is 1.28. The number of carbonyl (C=O) groups is 1. The van der Waals surface area contributed by atoms with E-state index in [9.17, 15) is 4.79 Å². The van der Waals surface area contributed by atoms with Crippen LogP contribution in [-0.2, 0) is 11.4 Å². The normalized spacial score (nSPS) is 13.5. The average Bonchev–Trinajstić information content (AvgIpc) is 2.89. The van der Waals surface area contributed by atoms with Gasteiger partial charge in [0.15, 0.2) is 0 Å². The maximum absolute atomic E-state index is 12.6. The van der Waals surface area contributed by atoms with E-state index in [2.05, 4.69) is 37.5 Å². The second kappa shape index (κ2) is 12.4. The minimum Gasteiger partial charge on any atom is -0.486 e. The van der Waals surface area contributed by atoms with Gasteiger partial charge in [0.05, 0.1) is 32.3 Å². The van der Waals surface area contributed by atoms with Gasteiger partial charge in [0.1, 0.15) is 24.5 Å². The van der Waals surface area contributed by atoms with Crippen molar-refractivity contribution in [3.8, 4) is 5.75 Å². The standard InChI is InChI=1S/C29H28Cl2N6O2/c1-37(21-7-4-8-21)15-5-9-26(38)36-24-12-11-23-27(28(24)31)29(34-18-33-23)35-19-10-13-25(22(30)16-19)39-17-20-6-2-3-14-32-20/h2-3,5-6,9-14,16,18,21H,4,7-8,15,17H2,1H3,(H,36,38)(H,33,34,35)/b9-5+. The molecule has 1 fully saturated rings. The lowest BCUT2D eigenvalue weighted by atomic mass is 9.92. The molecule has 0 spiro atoms. The largest absolute Gasteiger partial charge is 0.486 e. The molecule has 0 aliphatic heterocycles. The zero-order valence-electron chi connectivity index (χ0n) is 21.4. The first-order valence-corrected chi connectivity index (χ1v) is 13.4. The van der Waals surface area contributed by atoms with Crippen molar-refractivity contribution in [1.82, 2.24) is 19.9 Å². The number of amides is 1. The molecule has 2 N–H and O–H groups in total. The maximum Gasteiger partial charge on any atom is 0.248 e. The van der Waals surface area contributed by atoms with E-state index in [4.69, 9.17) is 27.9 Å². The quantitative estimate of drug-likeness (QED) is 0.209. The molecule has 8 nitrogen and oxygen atoms in total. The Hall–Kier alpha value is -3.72. The van der Waals surface area contributed by atoms with E-state index in [1.54, 1.807) is 30.5 Å². The Labute approximate surface area is 237 Å². The topological polar surface area (TPSA) is 92.3 Å². The molecule has 1 saturated carbocycles. The molecule has 2 aromatic heterocycles. The molecule has 10 heteroatoms. The first-order valence-electron chi connectivity index (χ1n) is 12.7. The van der Waals surface area contributed by atoms with Crippen LogP contribution >= 0.6 is 23.2 Å². The lowest BCUT2D eigenvalue weighted by molar-refractivity contribution is -0.111. The third-order valence-corrected chi connectivity index (χ3v) is 7.34. The Kier molecular flexibility index (Phi) is 8.56. The van der Waals surface area contributed by atoms with Gasteiger partial charge in [0, 0.05) is 30.5 Å². The Bertz CT molecular complexity index is 1490. The third kappa shape index (κ3) is 6.65. The minimum atomic E-state index is -0.252. The van der Waals surface area contributed by atoms with E-state index in [-0.39, 0.29) is 5.91 Å². The number of nitrogens with one attached hydrogen (secondary N) is 2. The van der Waals surface area contributed by atoms with Gasteiger partial charge in [-0.2, -0.15) is 0 Å². The summed E-state index contributed by atoms with van der Waals surface area (Å²) in [7, 11) is 2.08. The van der Waals surface area contributed by atoms with Crippen molar-refractivity contribution in [2.75, 3.05) is 24.2 Å². The molecule has 0 unspecified atom stereocenters. The van der Waals surface area contributed by atoms with Gasteiger partial charge in [0.2, 0.25) is 5.91 Å². The number of rotatable bonds is 10. The first kappa shape index (κ1) is 26.9. The second-order valence-corrected chi connectivity index (χ2v) is 10.1. The number of hydrogen-bond donors (Lipinski definition) is 2. The van der Waals surface area contributed by atoms with Crippen LogP contribution in [0.3, 0.4) is 0 Å². The smallest absolute Gasteiger partial charge is 0.248 e. The van der Waals surface area contributed by atoms with Gasteiger partial charge in [-0.25, -0.2) is 9.97 Å². The maximum atomic E-state index is 12.6. The molecule has 4 aromatic rings. The molecule has 0 atom stereocenters. The highest BCUT2D eigenvalue weighted by molar-refractivity contribution is 6.39.